The van der Waals surface area contributed by atoms with Crippen LogP contribution in [0, 0.1) is 0 Å². The van der Waals surface area contributed by atoms with Gasteiger partial charge in [-0.05, 0) is 51.7 Å². The van der Waals surface area contributed by atoms with Gasteiger partial charge in [0.05, 0.1) is 18.3 Å². The quantitative estimate of drug-likeness (QED) is 0.512. The normalized spacial score (nSPS) is 25.6. The zero-order chi connectivity index (χ0) is 23.1. The Morgan fingerprint density at radius 2 is 1.59 bits per heavy atom. The fourth-order valence-electron chi connectivity index (χ4n) is 4.78. The number of hydrogen-bond donors (Lipinski definition) is 0. The summed E-state index contributed by atoms with van der Waals surface area (Å²) in [5.74, 6) is 0.766. The molecular formula is C26H32BNO4. The zero-order valence-electron chi connectivity index (χ0n) is 19.8. The number of carbonyl (C=O) groups is 1. The first-order valence-electron chi connectivity index (χ1n) is 11.1. The van der Waals surface area contributed by atoms with Gasteiger partial charge in [0.15, 0.2) is 0 Å². The number of benzene rings is 2. The number of likely N-dealkylation sites (tertiary alicyclic amines) is 1. The lowest BCUT2D eigenvalue weighted by molar-refractivity contribution is -0.123. The van der Waals surface area contributed by atoms with Crippen LogP contribution in [0.4, 0.5) is 0 Å². The third-order valence-corrected chi connectivity index (χ3v) is 7.15. The van der Waals surface area contributed by atoms with E-state index in [0.29, 0.717) is 12.9 Å². The van der Waals surface area contributed by atoms with Gasteiger partial charge in [-0.3, -0.25) is 4.79 Å². The first-order chi connectivity index (χ1) is 15.1. The summed E-state index contributed by atoms with van der Waals surface area (Å²) in [7, 11) is 3.06. The Hall–Kier alpha value is -2.57. The molecule has 0 bridgehead atoms. The summed E-state index contributed by atoms with van der Waals surface area (Å²) in [6.07, 6.45) is 2.51. The van der Waals surface area contributed by atoms with E-state index in [1.807, 2.05) is 61.7 Å². The van der Waals surface area contributed by atoms with Gasteiger partial charge in [0.25, 0.3) is 5.91 Å². The van der Waals surface area contributed by atoms with Gasteiger partial charge < -0.3 is 18.9 Å². The molecule has 6 heteroatoms. The highest BCUT2D eigenvalue weighted by atomic mass is 16.7. The maximum Gasteiger partial charge on any atom is 0.459 e. The number of likely N-dealkylation sites (N-methyl/N-ethyl adjacent to an activating group) is 1. The summed E-state index contributed by atoms with van der Waals surface area (Å²) in [5, 5.41) is 0. The summed E-state index contributed by atoms with van der Waals surface area (Å²) in [6, 6.07) is 17.9. The molecule has 2 aliphatic rings. The van der Waals surface area contributed by atoms with Gasteiger partial charge in [0.2, 0.25) is 0 Å². The van der Waals surface area contributed by atoms with Crippen molar-refractivity contribution in [3.05, 3.63) is 71.3 Å². The molecular weight excluding hydrogens is 401 g/mol. The molecule has 0 N–H and O–H groups in total. The number of methoxy groups -OCH3 is 1. The maximum absolute atomic E-state index is 13.5. The molecule has 2 saturated heterocycles. The van der Waals surface area contributed by atoms with Crippen LogP contribution in [-0.2, 0) is 19.5 Å². The third kappa shape index (κ3) is 3.76. The first-order valence-corrected chi connectivity index (χ1v) is 11.1. The summed E-state index contributed by atoms with van der Waals surface area (Å²) in [5.41, 5.74) is 1.14. The molecule has 0 aromatic heterocycles. The van der Waals surface area contributed by atoms with Gasteiger partial charge in [-0.15, -0.1) is 0 Å². The standard InChI is InChI=1S/C26H32BNO4/c1-24(2)25(3,4)32-27(31-24)17-26(20-14-10-11-15-22(20)30-6)18-28(5)23(29)21(26)16-19-12-8-7-9-13-19/h7-16H,17-18H2,1-6H3/b21-16+/t26-/m0/s1. The maximum atomic E-state index is 13.5. The number of carbonyl (C=O) groups excluding carboxylic acids is 1. The van der Waals surface area contributed by atoms with Crippen LogP contribution < -0.4 is 4.74 Å². The summed E-state index contributed by atoms with van der Waals surface area (Å²) in [4.78, 5) is 15.2. The second-order valence-corrected chi connectivity index (χ2v) is 9.80. The van der Waals surface area contributed by atoms with Crippen LogP contribution in [-0.4, -0.2) is 49.8 Å². The molecule has 2 aromatic rings. The molecule has 0 spiro atoms. The number of ether oxygens (including phenoxy) is 1. The molecule has 0 saturated carbocycles. The van der Waals surface area contributed by atoms with Crippen molar-refractivity contribution >= 4 is 19.1 Å². The van der Waals surface area contributed by atoms with Crippen molar-refractivity contribution in [1.82, 2.24) is 4.90 Å². The average molecular weight is 433 g/mol. The van der Waals surface area contributed by atoms with Gasteiger partial charge >= 0.3 is 7.12 Å². The lowest BCUT2D eigenvalue weighted by atomic mass is 9.61. The van der Waals surface area contributed by atoms with Crippen molar-refractivity contribution in [1.29, 1.82) is 0 Å². The van der Waals surface area contributed by atoms with Crippen molar-refractivity contribution in [3.63, 3.8) is 0 Å². The van der Waals surface area contributed by atoms with Crippen molar-refractivity contribution in [2.45, 2.75) is 50.6 Å². The van der Waals surface area contributed by atoms with Crippen LogP contribution in [0.3, 0.4) is 0 Å². The Morgan fingerprint density at radius 3 is 2.22 bits per heavy atom. The molecule has 2 heterocycles. The highest BCUT2D eigenvalue weighted by Crippen LogP contribution is 2.50. The van der Waals surface area contributed by atoms with E-state index < -0.39 is 23.7 Å². The van der Waals surface area contributed by atoms with E-state index in [4.69, 9.17) is 14.0 Å². The van der Waals surface area contributed by atoms with Crippen LogP contribution >= 0.6 is 0 Å². The molecule has 32 heavy (non-hydrogen) atoms. The fourth-order valence-corrected chi connectivity index (χ4v) is 4.78. The van der Waals surface area contributed by atoms with Crippen molar-refractivity contribution < 1.29 is 18.8 Å². The molecule has 4 rings (SSSR count). The molecule has 2 aromatic carbocycles. The van der Waals surface area contributed by atoms with E-state index >= 15 is 0 Å². The second kappa shape index (κ2) is 8.09. The van der Waals surface area contributed by atoms with E-state index in [0.717, 1.165) is 22.4 Å². The predicted octanol–water partition coefficient (Wildman–Crippen LogP) is 4.58. The van der Waals surface area contributed by atoms with E-state index in [1.165, 1.54) is 0 Å². The van der Waals surface area contributed by atoms with Crippen molar-refractivity contribution in [3.8, 4) is 5.75 Å². The first kappa shape index (κ1) is 22.6. The van der Waals surface area contributed by atoms with Crippen LogP contribution in [0.25, 0.3) is 6.08 Å². The van der Waals surface area contributed by atoms with E-state index in [-0.39, 0.29) is 5.91 Å². The Bertz CT molecular complexity index is 1020. The Labute approximate surface area is 191 Å². The minimum absolute atomic E-state index is 0.0104. The Kier molecular flexibility index (Phi) is 5.72. The summed E-state index contributed by atoms with van der Waals surface area (Å²) < 4.78 is 18.5. The lowest BCUT2D eigenvalue weighted by Crippen LogP contribution is -2.41. The molecule has 1 atom stereocenters. The molecule has 168 valence electrons. The number of nitrogens with zero attached hydrogens (tertiary/aromatic N) is 1. The van der Waals surface area contributed by atoms with Gasteiger partial charge in [-0.2, -0.15) is 0 Å². The van der Waals surface area contributed by atoms with Gasteiger partial charge in [0, 0.05) is 30.1 Å². The Morgan fingerprint density at radius 1 is 1.00 bits per heavy atom. The van der Waals surface area contributed by atoms with Crippen LogP contribution in [0.15, 0.2) is 60.2 Å². The number of amides is 1. The number of rotatable bonds is 5. The van der Waals surface area contributed by atoms with E-state index in [1.54, 1.807) is 12.0 Å². The number of para-hydroxylation sites is 1. The van der Waals surface area contributed by atoms with E-state index in [2.05, 4.69) is 33.8 Å². The zero-order valence-corrected chi connectivity index (χ0v) is 19.8. The third-order valence-electron chi connectivity index (χ3n) is 7.15. The van der Waals surface area contributed by atoms with Crippen molar-refractivity contribution in [2.75, 3.05) is 20.7 Å². The molecule has 0 aliphatic carbocycles. The van der Waals surface area contributed by atoms with Crippen LogP contribution in [0.5, 0.6) is 5.75 Å². The van der Waals surface area contributed by atoms with Gasteiger partial charge in [0.1, 0.15) is 5.75 Å². The van der Waals surface area contributed by atoms with Crippen LogP contribution in [0.2, 0.25) is 6.32 Å². The SMILES string of the molecule is COc1ccccc1[C@]1(CB2OC(C)(C)C(C)(C)O2)CN(C)C(=O)/C1=C\c1ccccc1. The Balaban J connectivity index is 1.88. The molecule has 2 fully saturated rings. The smallest absolute Gasteiger partial charge is 0.459 e. The summed E-state index contributed by atoms with van der Waals surface area (Å²) in [6.45, 7) is 8.73. The second-order valence-electron chi connectivity index (χ2n) is 9.80. The fraction of sp³-hybridized carbons (Fsp3) is 0.423. The molecule has 5 nitrogen and oxygen atoms in total. The summed E-state index contributed by atoms with van der Waals surface area (Å²) >= 11 is 0. The number of hydrogen-bond acceptors (Lipinski definition) is 4. The average Bonchev–Trinajstić information content (AvgIpc) is 3.11. The monoisotopic (exact) mass is 433 g/mol. The predicted molar refractivity (Wildman–Crippen MR) is 128 cm³/mol. The molecule has 0 unspecified atom stereocenters. The highest BCUT2D eigenvalue weighted by molar-refractivity contribution is 6.46. The topological polar surface area (TPSA) is 48.0 Å². The van der Waals surface area contributed by atoms with E-state index in [9.17, 15) is 4.79 Å². The lowest BCUT2D eigenvalue weighted by Gasteiger charge is -2.32. The van der Waals surface area contributed by atoms with Crippen molar-refractivity contribution in [2.24, 2.45) is 0 Å². The van der Waals surface area contributed by atoms with Gasteiger partial charge in [-0.1, -0.05) is 48.5 Å². The molecule has 1 amide bonds. The highest BCUT2D eigenvalue weighted by Gasteiger charge is 2.57. The minimum atomic E-state index is -0.643. The minimum Gasteiger partial charge on any atom is -0.496 e. The largest absolute Gasteiger partial charge is 0.496 e. The van der Waals surface area contributed by atoms with Crippen LogP contribution in [0.1, 0.15) is 38.8 Å². The molecule has 0 radical (unpaired) electrons. The van der Waals surface area contributed by atoms with Gasteiger partial charge in [-0.25, -0.2) is 0 Å². The molecule has 2 aliphatic heterocycles.